The molecule has 3 rings (SSSR count). The summed E-state index contributed by atoms with van der Waals surface area (Å²) in [6.07, 6.45) is -6.73. The highest BCUT2D eigenvalue weighted by molar-refractivity contribution is 5.91. The van der Waals surface area contributed by atoms with Crippen molar-refractivity contribution in [3.63, 3.8) is 0 Å². The van der Waals surface area contributed by atoms with Crippen LogP contribution in [0, 0.1) is 6.92 Å². The van der Waals surface area contributed by atoms with Gasteiger partial charge >= 0.3 is 5.97 Å². The zero-order chi connectivity index (χ0) is 21.1. The molecule has 1 saturated heterocycles. The van der Waals surface area contributed by atoms with Crippen LogP contribution in [0.15, 0.2) is 42.5 Å². The summed E-state index contributed by atoms with van der Waals surface area (Å²) in [5.74, 6) is -0.0201. The maximum atomic E-state index is 11.7. The van der Waals surface area contributed by atoms with Crippen LogP contribution in [-0.4, -0.2) is 70.8 Å². The number of benzene rings is 2. The van der Waals surface area contributed by atoms with Crippen LogP contribution in [0.25, 0.3) is 11.1 Å². The average molecular weight is 404 g/mol. The molecule has 156 valence electrons. The summed E-state index contributed by atoms with van der Waals surface area (Å²) < 4.78 is 15.8. The number of esters is 1. The molecular formula is C21H24O8. The first kappa shape index (κ1) is 21.2. The number of aryl methyl sites for hydroxylation is 1. The zero-order valence-corrected chi connectivity index (χ0v) is 16.1. The van der Waals surface area contributed by atoms with E-state index < -0.39 is 43.3 Å². The Bertz CT molecular complexity index is 866. The second-order valence-electron chi connectivity index (χ2n) is 6.87. The van der Waals surface area contributed by atoms with E-state index in [1.807, 2.05) is 12.1 Å². The third-order valence-electron chi connectivity index (χ3n) is 4.88. The van der Waals surface area contributed by atoms with Crippen LogP contribution in [0.4, 0.5) is 0 Å². The predicted molar refractivity (Wildman–Crippen MR) is 102 cm³/mol. The second kappa shape index (κ2) is 8.89. The predicted octanol–water partition coefficient (Wildman–Crippen LogP) is 0.627. The van der Waals surface area contributed by atoms with Crippen molar-refractivity contribution >= 4 is 5.97 Å². The SMILES string of the molecule is COC(=O)c1cccc(-c2ccc(O[C@H]3O[C@H](CO)[C@@H](O)[C@H](O)[C@@H]3O)c(C)c2)c1. The maximum Gasteiger partial charge on any atom is 0.337 e. The van der Waals surface area contributed by atoms with Gasteiger partial charge in [-0.3, -0.25) is 0 Å². The number of carbonyl (C=O) groups is 1. The molecule has 8 heteroatoms. The third kappa shape index (κ3) is 4.42. The number of methoxy groups -OCH3 is 1. The smallest absolute Gasteiger partial charge is 0.337 e. The minimum Gasteiger partial charge on any atom is -0.465 e. The van der Waals surface area contributed by atoms with E-state index in [1.54, 1.807) is 37.3 Å². The lowest BCUT2D eigenvalue weighted by molar-refractivity contribution is -0.277. The van der Waals surface area contributed by atoms with E-state index in [1.165, 1.54) is 7.11 Å². The van der Waals surface area contributed by atoms with Crippen molar-refractivity contribution < 1.29 is 39.4 Å². The molecule has 0 aliphatic carbocycles. The summed E-state index contributed by atoms with van der Waals surface area (Å²) in [7, 11) is 1.32. The molecule has 29 heavy (non-hydrogen) atoms. The molecule has 5 atom stereocenters. The molecule has 1 fully saturated rings. The monoisotopic (exact) mass is 404 g/mol. The van der Waals surface area contributed by atoms with Crippen molar-refractivity contribution in [3.05, 3.63) is 53.6 Å². The maximum absolute atomic E-state index is 11.7. The molecule has 0 bridgehead atoms. The molecule has 2 aromatic rings. The van der Waals surface area contributed by atoms with Gasteiger partial charge in [0.05, 0.1) is 19.3 Å². The van der Waals surface area contributed by atoms with Gasteiger partial charge in [-0.15, -0.1) is 0 Å². The van der Waals surface area contributed by atoms with Crippen LogP contribution in [0.5, 0.6) is 5.75 Å². The van der Waals surface area contributed by atoms with Crippen LogP contribution in [0.1, 0.15) is 15.9 Å². The van der Waals surface area contributed by atoms with E-state index in [-0.39, 0.29) is 0 Å². The van der Waals surface area contributed by atoms with E-state index in [4.69, 9.17) is 14.2 Å². The van der Waals surface area contributed by atoms with Crippen molar-refractivity contribution in [1.82, 2.24) is 0 Å². The molecule has 1 aliphatic rings. The number of hydrogen-bond acceptors (Lipinski definition) is 8. The highest BCUT2D eigenvalue weighted by Gasteiger charge is 2.44. The van der Waals surface area contributed by atoms with Gasteiger partial charge < -0.3 is 34.6 Å². The topological polar surface area (TPSA) is 126 Å². The molecule has 4 N–H and O–H groups in total. The van der Waals surface area contributed by atoms with E-state index in [0.717, 1.165) is 16.7 Å². The first-order valence-corrected chi connectivity index (χ1v) is 9.12. The standard InChI is InChI=1S/C21H24O8/c1-11-8-13(12-4-3-5-14(9-12)20(26)27-2)6-7-15(11)28-21-19(25)18(24)17(23)16(10-22)29-21/h3-9,16-19,21-25H,10H2,1-2H3/t16-,17-,18+,19+,21+/m1/s1. The second-order valence-corrected chi connectivity index (χ2v) is 6.87. The quantitative estimate of drug-likeness (QED) is 0.535. The van der Waals surface area contributed by atoms with Crippen LogP contribution in [-0.2, 0) is 9.47 Å². The molecule has 0 amide bonds. The fourth-order valence-electron chi connectivity index (χ4n) is 3.19. The Morgan fingerprint density at radius 3 is 2.41 bits per heavy atom. The number of aliphatic hydroxyl groups excluding tert-OH is 4. The number of hydrogen-bond donors (Lipinski definition) is 4. The van der Waals surface area contributed by atoms with Crippen LogP contribution >= 0.6 is 0 Å². The molecular weight excluding hydrogens is 380 g/mol. The molecule has 1 aliphatic heterocycles. The summed E-state index contributed by atoms with van der Waals surface area (Å²) >= 11 is 0. The molecule has 0 spiro atoms. The zero-order valence-electron chi connectivity index (χ0n) is 16.1. The van der Waals surface area contributed by atoms with E-state index in [2.05, 4.69) is 0 Å². The number of rotatable bonds is 5. The minimum absolute atomic E-state index is 0.405. The lowest BCUT2D eigenvalue weighted by Crippen LogP contribution is -2.60. The lowest BCUT2D eigenvalue weighted by Gasteiger charge is -2.39. The largest absolute Gasteiger partial charge is 0.465 e. The summed E-state index contributed by atoms with van der Waals surface area (Å²) in [5, 5.41) is 39.2. The molecule has 2 aromatic carbocycles. The molecule has 8 nitrogen and oxygen atoms in total. The number of ether oxygens (including phenoxy) is 3. The first-order valence-electron chi connectivity index (χ1n) is 9.12. The Labute approximate surface area is 167 Å². The number of carbonyl (C=O) groups excluding carboxylic acids is 1. The third-order valence-corrected chi connectivity index (χ3v) is 4.88. The van der Waals surface area contributed by atoms with E-state index in [9.17, 15) is 25.2 Å². The van der Waals surface area contributed by atoms with Gasteiger partial charge in [0.1, 0.15) is 30.2 Å². The Balaban J connectivity index is 1.81. The summed E-state index contributed by atoms with van der Waals surface area (Å²) in [4.78, 5) is 11.7. The summed E-state index contributed by atoms with van der Waals surface area (Å²) in [6, 6.07) is 12.3. The summed E-state index contributed by atoms with van der Waals surface area (Å²) in [6.45, 7) is 1.27. The molecule has 1 heterocycles. The summed E-state index contributed by atoms with van der Waals surface area (Å²) in [5.41, 5.74) is 2.82. The van der Waals surface area contributed by atoms with Gasteiger partial charge in [0.15, 0.2) is 0 Å². The number of aliphatic hydroxyl groups is 4. The van der Waals surface area contributed by atoms with Crippen molar-refractivity contribution in [2.24, 2.45) is 0 Å². The first-order chi connectivity index (χ1) is 13.8. The van der Waals surface area contributed by atoms with Crippen LogP contribution < -0.4 is 4.74 Å². The van der Waals surface area contributed by atoms with E-state index >= 15 is 0 Å². The van der Waals surface area contributed by atoms with Crippen molar-refractivity contribution in [2.75, 3.05) is 13.7 Å². The van der Waals surface area contributed by atoms with Crippen molar-refractivity contribution in [2.45, 2.75) is 37.6 Å². The normalized spacial score (nSPS) is 26.8. The lowest BCUT2D eigenvalue weighted by atomic mass is 9.99. The van der Waals surface area contributed by atoms with Gasteiger partial charge in [-0.1, -0.05) is 18.2 Å². The molecule has 0 unspecified atom stereocenters. The Kier molecular flexibility index (Phi) is 6.51. The molecule has 0 aromatic heterocycles. The molecule has 0 saturated carbocycles. The Hall–Kier alpha value is -2.49. The van der Waals surface area contributed by atoms with Gasteiger partial charge in [-0.25, -0.2) is 4.79 Å². The van der Waals surface area contributed by atoms with Gasteiger partial charge in [-0.05, 0) is 47.9 Å². The van der Waals surface area contributed by atoms with Gasteiger partial charge in [0.2, 0.25) is 6.29 Å². The fraction of sp³-hybridized carbons (Fsp3) is 0.381. The highest BCUT2D eigenvalue weighted by Crippen LogP contribution is 2.30. The van der Waals surface area contributed by atoms with Crippen molar-refractivity contribution in [3.8, 4) is 16.9 Å². The molecule has 0 radical (unpaired) electrons. The van der Waals surface area contributed by atoms with Gasteiger partial charge in [0.25, 0.3) is 0 Å². The van der Waals surface area contributed by atoms with Gasteiger partial charge in [-0.2, -0.15) is 0 Å². The van der Waals surface area contributed by atoms with Crippen LogP contribution in [0.2, 0.25) is 0 Å². The Morgan fingerprint density at radius 2 is 1.76 bits per heavy atom. The average Bonchev–Trinajstić information content (AvgIpc) is 2.74. The highest BCUT2D eigenvalue weighted by atomic mass is 16.7. The van der Waals surface area contributed by atoms with Gasteiger partial charge in [0, 0.05) is 0 Å². The minimum atomic E-state index is -1.51. The van der Waals surface area contributed by atoms with Crippen LogP contribution in [0.3, 0.4) is 0 Å². The Morgan fingerprint density at radius 1 is 1.03 bits per heavy atom. The fourth-order valence-corrected chi connectivity index (χ4v) is 3.19. The van der Waals surface area contributed by atoms with Crippen molar-refractivity contribution in [1.29, 1.82) is 0 Å². The van der Waals surface area contributed by atoms with E-state index in [0.29, 0.717) is 11.3 Å².